The van der Waals surface area contributed by atoms with Crippen LogP contribution in [0.25, 0.3) is 0 Å². The minimum atomic E-state index is 0.200. The van der Waals surface area contributed by atoms with Gasteiger partial charge in [-0.1, -0.05) is 6.92 Å². The fraction of sp³-hybridized carbons (Fsp3) is 0.556. The molecule has 0 fully saturated rings. The van der Waals surface area contributed by atoms with Crippen molar-refractivity contribution in [1.29, 1.82) is 0 Å². The molecule has 0 aliphatic heterocycles. The van der Waals surface area contributed by atoms with Crippen LogP contribution in [0.3, 0.4) is 0 Å². The Bertz CT molecular complexity index is 250. The molecule has 0 bridgehead atoms. The molecular weight excluding hydrogens is 190 g/mol. The average Bonchev–Trinajstić information content (AvgIpc) is 2.51. The number of halogens is 1. The van der Waals surface area contributed by atoms with Gasteiger partial charge in [0.2, 0.25) is 0 Å². The highest BCUT2D eigenvalue weighted by molar-refractivity contribution is 6.28. The Labute approximate surface area is 82.7 Å². The second kappa shape index (κ2) is 5.27. The van der Waals surface area contributed by atoms with Crippen molar-refractivity contribution in [2.45, 2.75) is 13.5 Å². The van der Waals surface area contributed by atoms with E-state index in [2.05, 4.69) is 5.32 Å². The summed E-state index contributed by atoms with van der Waals surface area (Å²) < 4.78 is 5.14. The zero-order valence-corrected chi connectivity index (χ0v) is 8.34. The minimum Gasteiger partial charge on any atom is -0.448 e. The number of hydrogen-bond donors (Lipinski definition) is 2. The molecule has 1 atom stereocenters. The molecule has 1 aromatic heterocycles. The third-order valence-electron chi connectivity index (χ3n) is 1.73. The number of aliphatic hydroxyl groups is 1. The summed E-state index contributed by atoms with van der Waals surface area (Å²) in [6.45, 7) is 3.60. The molecule has 0 saturated heterocycles. The normalized spacial score (nSPS) is 13.2. The van der Waals surface area contributed by atoms with Crippen LogP contribution in [0.5, 0.6) is 0 Å². The second-order valence-corrected chi connectivity index (χ2v) is 3.50. The number of aliphatic hydroxyl groups excluding tert-OH is 1. The van der Waals surface area contributed by atoms with E-state index in [1.807, 2.05) is 13.0 Å². The maximum atomic E-state index is 8.75. The third kappa shape index (κ3) is 3.81. The topological polar surface area (TPSA) is 45.4 Å². The van der Waals surface area contributed by atoms with Crippen molar-refractivity contribution in [3.8, 4) is 0 Å². The Kier molecular flexibility index (Phi) is 4.28. The highest BCUT2D eigenvalue weighted by atomic mass is 35.5. The van der Waals surface area contributed by atoms with Crippen LogP contribution < -0.4 is 5.32 Å². The number of nitrogens with one attached hydrogen (secondary N) is 1. The van der Waals surface area contributed by atoms with Gasteiger partial charge in [-0.2, -0.15) is 0 Å². The molecule has 1 rings (SSSR count). The van der Waals surface area contributed by atoms with Crippen molar-refractivity contribution >= 4 is 11.6 Å². The van der Waals surface area contributed by atoms with E-state index in [-0.39, 0.29) is 12.5 Å². The van der Waals surface area contributed by atoms with Crippen LogP contribution >= 0.6 is 11.6 Å². The van der Waals surface area contributed by atoms with Gasteiger partial charge in [0.15, 0.2) is 5.22 Å². The van der Waals surface area contributed by atoms with Gasteiger partial charge in [0.25, 0.3) is 0 Å². The van der Waals surface area contributed by atoms with Crippen molar-refractivity contribution in [2.24, 2.45) is 5.92 Å². The number of hydrogen-bond acceptors (Lipinski definition) is 3. The maximum Gasteiger partial charge on any atom is 0.193 e. The van der Waals surface area contributed by atoms with Crippen LogP contribution in [0.15, 0.2) is 16.5 Å². The van der Waals surface area contributed by atoms with Gasteiger partial charge in [-0.3, -0.25) is 0 Å². The summed E-state index contributed by atoms with van der Waals surface area (Å²) in [7, 11) is 0. The van der Waals surface area contributed by atoms with E-state index in [0.29, 0.717) is 11.8 Å². The molecule has 0 spiro atoms. The molecule has 2 N–H and O–H groups in total. The summed E-state index contributed by atoms with van der Waals surface area (Å²) >= 11 is 5.59. The van der Waals surface area contributed by atoms with Gasteiger partial charge >= 0.3 is 0 Å². The summed E-state index contributed by atoms with van der Waals surface area (Å²) in [6, 6.07) is 3.55. The maximum absolute atomic E-state index is 8.75. The van der Waals surface area contributed by atoms with Crippen LogP contribution in [0.4, 0.5) is 0 Å². The quantitative estimate of drug-likeness (QED) is 0.765. The lowest BCUT2D eigenvalue weighted by Gasteiger charge is -2.07. The first-order chi connectivity index (χ1) is 6.22. The Morgan fingerprint density at radius 2 is 2.38 bits per heavy atom. The first-order valence-corrected chi connectivity index (χ1v) is 4.66. The van der Waals surface area contributed by atoms with E-state index in [4.69, 9.17) is 21.1 Å². The molecule has 4 heteroatoms. The largest absolute Gasteiger partial charge is 0.448 e. The zero-order valence-electron chi connectivity index (χ0n) is 7.59. The van der Waals surface area contributed by atoms with Crippen LogP contribution in [-0.4, -0.2) is 18.3 Å². The van der Waals surface area contributed by atoms with E-state index < -0.39 is 0 Å². The SMILES string of the molecule is CC(CO)CNCc1ccc(Cl)o1. The predicted octanol–water partition coefficient (Wildman–Crippen LogP) is 1.65. The lowest BCUT2D eigenvalue weighted by Crippen LogP contribution is -2.22. The van der Waals surface area contributed by atoms with Crippen LogP contribution in [0.2, 0.25) is 5.22 Å². The first-order valence-electron chi connectivity index (χ1n) is 4.28. The van der Waals surface area contributed by atoms with Crippen molar-refractivity contribution < 1.29 is 9.52 Å². The summed E-state index contributed by atoms with van der Waals surface area (Å²) in [5, 5.41) is 12.3. The molecule has 0 aliphatic rings. The molecule has 13 heavy (non-hydrogen) atoms. The minimum absolute atomic E-state index is 0.200. The molecule has 0 aliphatic carbocycles. The van der Waals surface area contributed by atoms with Gasteiger partial charge in [0.1, 0.15) is 5.76 Å². The standard InChI is InChI=1S/C9H14ClNO2/c1-7(6-12)4-11-5-8-2-3-9(10)13-8/h2-3,7,11-12H,4-6H2,1H3. The van der Waals surface area contributed by atoms with Gasteiger partial charge in [-0.15, -0.1) is 0 Å². The van der Waals surface area contributed by atoms with Crippen molar-refractivity contribution in [3.05, 3.63) is 23.1 Å². The highest BCUT2D eigenvalue weighted by Crippen LogP contribution is 2.12. The summed E-state index contributed by atoms with van der Waals surface area (Å²) in [6.07, 6.45) is 0. The molecule has 0 amide bonds. The molecule has 0 radical (unpaired) electrons. The van der Waals surface area contributed by atoms with Gasteiger partial charge < -0.3 is 14.8 Å². The van der Waals surface area contributed by atoms with E-state index >= 15 is 0 Å². The second-order valence-electron chi connectivity index (χ2n) is 3.12. The molecule has 3 nitrogen and oxygen atoms in total. The van der Waals surface area contributed by atoms with Crippen LogP contribution in [-0.2, 0) is 6.54 Å². The Balaban J connectivity index is 2.20. The van der Waals surface area contributed by atoms with Gasteiger partial charge in [0, 0.05) is 13.2 Å². The van der Waals surface area contributed by atoms with Crippen LogP contribution in [0.1, 0.15) is 12.7 Å². The first kappa shape index (κ1) is 10.6. The van der Waals surface area contributed by atoms with E-state index in [9.17, 15) is 0 Å². The van der Waals surface area contributed by atoms with Crippen molar-refractivity contribution in [2.75, 3.05) is 13.2 Å². The molecule has 0 saturated carbocycles. The number of furan rings is 1. The smallest absolute Gasteiger partial charge is 0.193 e. The number of rotatable bonds is 5. The van der Waals surface area contributed by atoms with Crippen molar-refractivity contribution in [1.82, 2.24) is 5.32 Å². The molecule has 1 aromatic rings. The fourth-order valence-corrected chi connectivity index (χ4v) is 1.12. The third-order valence-corrected chi connectivity index (χ3v) is 1.94. The zero-order chi connectivity index (χ0) is 9.68. The average molecular weight is 204 g/mol. The fourth-order valence-electron chi connectivity index (χ4n) is 0.953. The molecular formula is C9H14ClNO2. The van der Waals surface area contributed by atoms with Crippen molar-refractivity contribution in [3.63, 3.8) is 0 Å². The Hall–Kier alpha value is -0.510. The summed E-state index contributed by atoms with van der Waals surface area (Å²) in [4.78, 5) is 0. The molecule has 0 aromatic carbocycles. The van der Waals surface area contributed by atoms with Gasteiger partial charge in [-0.25, -0.2) is 0 Å². The predicted molar refractivity (Wildman–Crippen MR) is 51.7 cm³/mol. The summed E-state index contributed by atoms with van der Waals surface area (Å²) in [5.41, 5.74) is 0. The van der Waals surface area contributed by atoms with E-state index in [1.165, 1.54) is 0 Å². The molecule has 1 heterocycles. The van der Waals surface area contributed by atoms with Gasteiger partial charge in [-0.05, 0) is 29.7 Å². The summed E-state index contributed by atoms with van der Waals surface area (Å²) in [5.74, 6) is 1.08. The molecule has 74 valence electrons. The lowest BCUT2D eigenvalue weighted by molar-refractivity contribution is 0.232. The van der Waals surface area contributed by atoms with E-state index in [0.717, 1.165) is 12.3 Å². The van der Waals surface area contributed by atoms with Gasteiger partial charge in [0.05, 0.1) is 6.54 Å². The monoisotopic (exact) mass is 203 g/mol. The van der Waals surface area contributed by atoms with E-state index in [1.54, 1.807) is 6.07 Å². The highest BCUT2D eigenvalue weighted by Gasteiger charge is 2.01. The molecule has 1 unspecified atom stereocenters. The Morgan fingerprint density at radius 1 is 1.62 bits per heavy atom. The lowest BCUT2D eigenvalue weighted by atomic mass is 10.2. The van der Waals surface area contributed by atoms with Crippen LogP contribution in [0, 0.1) is 5.92 Å². The Morgan fingerprint density at radius 3 is 2.92 bits per heavy atom.